The maximum Gasteiger partial charge on any atom is 0.349 e. The summed E-state index contributed by atoms with van der Waals surface area (Å²) >= 11 is 0. The van der Waals surface area contributed by atoms with Gasteiger partial charge in [-0.25, -0.2) is 10.8 Å². The van der Waals surface area contributed by atoms with Crippen molar-refractivity contribution >= 4 is 11.6 Å². The number of rotatable bonds is 5. The van der Waals surface area contributed by atoms with Gasteiger partial charge in [-0.2, -0.15) is 4.98 Å². The number of para-hydroxylation sites is 2. The van der Waals surface area contributed by atoms with Crippen molar-refractivity contribution in [1.82, 2.24) is 9.97 Å². The van der Waals surface area contributed by atoms with Gasteiger partial charge in [0.05, 0.1) is 12.0 Å². The van der Waals surface area contributed by atoms with E-state index in [-0.39, 0.29) is 17.5 Å². The lowest BCUT2D eigenvalue weighted by molar-refractivity contribution is -0.386. The number of hydrogen-bond donors (Lipinski definition) is 2. The largest absolute Gasteiger partial charge is 0.493 e. The van der Waals surface area contributed by atoms with Gasteiger partial charge in [0.2, 0.25) is 5.95 Å². The highest BCUT2D eigenvalue weighted by molar-refractivity contribution is 5.48. The first-order valence-corrected chi connectivity index (χ1v) is 5.44. The summed E-state index contributed by atoms with van der Waals surface area (Å²) in [6.45, 7) is 0. The number of nitro groups is 1. The topological polar surface area (TPSA) is 125 Å². The first kappa shape index (κ1) is 13.5. The quantitative estimate of drug-likeness (QED) is 0.478. The lowest BCUT2D eigenvalue weighted by Gasteiger charge is -2.09. The van der Waals surface area contributed by atoms with E-state index >= 15 is 0 Å². The van der Waals surface area contributed by atoms with Gasteiger partial charge in [0, 0.05) is 0 Å². The summed E-state index contributed by atoms with van der Waals surface area (Å²) in [5.41, 5.74) is 1.81. The fourth-order valence-corrected chi connectivity index (χ4v) is 1.44. The van der Waals surface area contributed by atoms with E-state index in [9.17, 15) is 10.1 Å². The molecule has 0 saturated heterocycles. The molecule has 0 unspecified atom stereocenters. The van der Waals surface area contributed by atoms with Crippen molar-refractivity contribution in [2.24, 2.45) is 5.84 Å². The van der Waals surface area contributed by atoms with Crippen LogP contribution in [0.25, 0.3) is 0 Å². The predicted octanol–water partition coefficient (Wildman–Crippen LogP) is 1.47. The number of aromatic nitrogens is 2. The number of hydrogen-bond acceptors (Lipinski definition) is 8. The molecule has 0 amide bonds. The van der Waals surface area contributed by atoms with Crippen LogP contribution < -0.4 is 20.7 Å². The Morgan fingerprint density at radius 2 is 2.05 bits per heavy atom. The molecule has 0 fully saturated rings. The Balaban J connectivity index is 2.43. The SMILES string of the molecule is COc1ccccc1Oc1nc(NN)ncc1[N+](=O)[O-]. The third kappa shape index (κ3) is 2.72. The average molecular weight is 277 g/mol. The van der Waals surface area contributed by atoms with E-state index in [0.717, 1.165) is 6.20 Å². The fraction of sp³-hybridized carbons (Fsp3) is 0.0909. The molecule has 0 aliphatic heterocycles. The van der Waals surface area contributed by atoms with Crippen LogP contribution in [0.3, 0.4) is 0 Å². The van der Waals surface area contributed by atoms with Crippen molar-refractivity contribution in [3.8, 4) is 17.4 Å². The molecular formula is C11H11N5O4. The Morgan fingerprint density at radius 1 is 1.35 bits per heavy atom. The fourth-order valence-electron chi connectivity index (χ4n) is 1.44. The number of benzene rings is 1. The van der Waals surface area contributed by atoms with Crippen molar-refractivity contribution in [1.29, 1.82) is 0 Å². The molecule has 0 bridgehead atoms. The number of ether oxygens (including phenoxy) is 2. The van der Waals surface area contributed by atoms with Gasteiger partial charge in [0.1, 0.15) is 6.20 Å². The summed E-state index contributed by atoms with van der Waals surface area (Å²) in [6.07, 6.45) is 1.01. The zero-order chi connectivity index (χ0) is 14.5. The summed E-state index contributed by atoms with van der Waals surface area (Å²) in [6, 6.07) is 6.70. The monoisotopic (exact) mass is 277 g/mol. The van der Waals surface area contributed by atoms with Crippen LogP contribution in [0.2, 0.25) is 0 Å². The number of nitrogen functional groups attached to an aromatic ring is 1. The Morgan fingerprint density at radius 3 is 2.65 bits per heavy atom. The molecule has 0 aliphatic carbocycles. The molecular weight excluding hydrogens is 266 g/mol. The van der Waals surface area contributed by atoms with Crippen LogP contribution in [0.1, 0.15) is 0 Å². The van der Waals surface area contributed by atoms with Gasteiger partial charge in [-0.15, -0.1) is 0 Å². The first-order valence-electron chi connectivity index (χ1n) is 5.44. The van der Waals surface area contributed by atoms with E-state index in [1.165, 1.54) is 7.11 Å². The molecule has 9 heteroatoms. The second kappa shape index (κ2) is 5.80. The number of nitrogens with one attached hydrogen (secondary N) is 1. The molecule has 104 valence electrons. The van der Waals surface area contributed by atoms with Crippen LogP contribution >= 0.6 is 0 Å². The van der Waals surface area contributed by atoms with E-state index in [2.05, 4.69) is 15.4 Å². The minimum Gasteiger partial charge on any atom is -0.493 e. The molecule has 0 radical (unpaired) electrons. The first-order chi connectivity index (χ1) is 9.65. The number of hydrazine groups is 1. The summed E-state index contributed by atoms with van der Waals surface area (Å²) in [7, 11) is 1.46. The Kier molecular flexibility index (Phi) is 3.91. The predicted molar refractivity (Wildman–Crippen MR) is 69.6 cm³/mol. The number of methoxy groups -OCH3 is 1. The van der Waals surface area contributed by atoms with Crippen LogP contribution in [0.4, 0.5) is 11.6 Å². The molecule has 0 aliphatic rings. The number of nitrogens with two attached hydrogens (primary N) is 1. The van der Waals surface area contributed by atoms with Crippen molar-refractivity contribution < 1.29 is 14.4 Å². The van der Waals surface area contributed by atoms with Crippen molar-refractivity contribution in [2.75, 3.05) is 12.5 Å². The van der Waals surface area contributed by atoms with E-state index < -0.39 is 4.92 Å². The van der Waals surface area contributed by atoms with Crippen molar-refractivity contribution in [3.63, 3.8) is 0 Å². The van der Waals surface area contributed by atoms with Gasteiger partial charge >= 0.3 is 11.6 Å². The highest BCUT2D eigenvalue weighted by Gasteiger charge is 2.20. The van der Waals surface area contributed by atoms with Crippen LogP contribution in [0.15, 0.2) is 30.5 Å². The average Bonchev–Trinajstić information content (AvgIpc) is 2.47. The Hall–Kier alpha value is -2.94. The van der Waals surface area contributed by atoms with Crippen molar-refractivity contribution in [3.05, 3.63) is 40.6 Å². The van der Waals surface area contributed by atoms with Crippen LogP contribution in [0, 0.1) is 10.1 Å². The van der Waals surface area contributed by atoms with E-state index in [0.29, 0.717) is 11.5 Å². The highest BCUT2D eigenvalue weighted by atomic mass is 16.6. The molecule has 1 aromatic heterocycles. The van der Waals surface area contributed by atoms with Gasteiger partial charge < -0.3 is 9.47 Å². The van der Waals surface area contributed by atoms with E-state index in [1.54, 1.807) is 24.3 Å². The maximum atomic E-state index is 10.9. The van der Waals surface area contributed by atoms with Gasteiger partial charge in [-0.05, 0) is 12.1 Å². The van der Waals surface area contributed by atoms with Crippen LogP contribution in [0.5, 0.6) is 17.4 Å². The molecule has 20 heavy (non-hydrogen) atoms. The Labute approximate surface area is 113 Å². The molecule has 0 spiro atoms. The highest BCUT2D eigenvalue weighted by Crippen LogP contribution is 2.34. The summed E-state index contributed by atoms with van der Waals surface area (Å²) in [5.74, 6) is 5.65. The van der Waals surface area contributed by atoms with E-state index in [4.69, 9.17) is 15.3 Å². The zero-order valence-electron chi connectivity index (χ0n) is 10.4. The normalized spacial score (nSPS) is 9.90. The van der Waals surface area contributed by atoms with Crippen LogP contribution in [-0.4, -0.2) is 22.0 Å². The number of nitrogens with zero attached hydrogens (tertiary/aromatic N) is 3. The third-order valence-electron chi connectivity index (χ3n) is 2.34. The second-order valence-corrected chi connectivity index (χ2v) is 3.54. The maximum absolute atomic E-state index is 10.9. The van der Waals surface area contributed by atoms with Gasteiger partial charge in [0.15, 0.2) is 11.5 Å². The van der Waals surface area contributed by atoms with Gasteiger partial charge in [-0.3, -0.25) is 15.5 Å². The van der Waals surface area contributed by atoms with Crippen molar-refractivity contribution in [2.45, 2.75) is 0 Å². The van der Waals surface area contributed by atoms with Gasteiger partial charge in [0.25, 0.3) is 0 Å². The molecule has 0 atom stereocenters. The summed E-state index contributed by atoms with van der Waals surface area (Å²) < 4.78 is 10.5. The smallest absolute Gasteiger partial charge is 0.349 e. The van der Waals surface area contributed by atoms with Gasteiger partial charge in [-0.1, -0.05) is 12.1 Å². The molecule has 3 N–H and O–H groups in total. The standard InChI is InChI=1S/C11H11N5O4/c1-19-8-4-2-3-5-9(8)20-10-7(16(17)18)6-13-11(14-10)15-12/h2-6H,12H2,1H3,(H,13,14,15). The summed E-state index contributed by atoms with van der Waals surface area (Å²) in [4.78, 5) is 17.8. The molecule has 0 saturated carbocycles. The second-order valence-electron chi connectivity index (χ2n) is 3.54. The Bertz CT molecular complexity index is 634. The lowest BCUT2D eigenvalue weighted by Crippen LogP contribution is -2.11. The molecule has 1 aromatic carbocycles. The molecule has 9 nitrogen and oxygen atoms in total. The lowest BCUT2D eigenvalue weighted by atomic mass is 10.3. The minimum absolute atomic E-state index is 0.000461. The summed E-state index contributed by atoms with van der Waals surface area (Å²) in [5, 5.41) is 10.9. The molecule has 2 rings (SSSR count). The van der Waals surface area contributed by atoms with E-state index in [1.807, 2.05) is 0 Å². The molecule has 2 aromatic rings. The minimum atomic E-state index is -0.648. The van der Waals surface area contributed by atoms with Crippen LogP contribution in [-0.2, 0) is 0 Å². The number of anilines is 1. The zero-order valence-corrected chi connectivity index (χ0v) is 10.4. The molecule has 1 heterocycles. The third-order valence-corrected chi connectivity index (χ3v) is 2.34.